The van der Waals surface area contributed by atoms with Crippen LogP contribution in [0.15, 0.2) is 81.7 Å². The summed E-state index contributed by atoms with van der Waals surface area (Å²) in [5, 5.41) is 0.575. The van der Waals surface area contributed by atoms with E-state index < -0.39 is 12.0 Å². The van der Waals surface area contributed by atoms with Crippen molar-refractivity contribution >= 4 is 41.1 Å². The molecular weight excluding hydrogens is 444 g/mol. The molecule has 0 N–H and O–H groups in total. The summed E-state index contributed by atoms with van der Waals surface area (Å²) in [5.74, 6) is -0.480. The highest BCUT2D eigenvalue weighted by Crippen LogP contribution is 2.31. The molecule has 0 bridgehead atoms. The highest BCUT2D eigenvalue weighted by Gasteiger charge is 2.33. The van der Waals surface area contributed by atoms with E-state index in [-0.39, 0.29) is 12.2 Å². The van der Waals surface area contributed by atoms with E-state index in [0.29, 0.717) is 25.6 Å². The van der Waals surface area contributed by atoms with Gasteiger partial charge in [-0.05, 0) is 43.2 Å². The Morgan fingerprint density at radius 2 is 1.91 bits per heavy atom. The fourth-order valence-electron chi connectivity index (χ4n) is 3.58. The van der Waals surface area contributed by atoms with Crippen molar-refractivity contribution < 1.29 is 9.53 Å². The third-order valence-electron chi connectivity index (χ3n) is 5.04. The Hall–Kier alpha value is -3.22. The van der Waals surface area contributed by atoms with E-state index in [1.807, 2.05) is 54.6 Å². The fourth-order valence-corrected chi connectivity index (χ4v) is 4.70. The summed E-state index contributed by atoms with van der Waals surface area (Å²) < 4.78 is 7.39. The van der Waals surface area contributed by atoms with Crippen LogP contribution in [0.2, 0.25) is 5.02 Å². The van der Waals surface area contributed by atoms with Gasteiger partial charge in [0.25, 0.3) is 5.56 Å². The topological polar surface area (TPSA) is 60.7 Å². The van der Waals surface area contributed by atoms with Gasteiger partial charge in [-0.3, -0.25) is 9.36 Å². The number of nitrogens with zero attached hydrogens (tertiary/aromatic N) is 2. The zero-order valence-corrected chi connectivity index (χ0v) is 19.2. The number of thiazole rings is 1. The molecule has 0 amide bonds. The van der Waals surface area contributed by atoms with Crippen molar-refractivity contribution in [1.29, 1.82) is 0 Å². The quantitative estimate of drug-likeness (QED) is 0.534. The van der Waals surface area contributed by atoms with Gasteiger partial charge in [0.2, 0.25) is 0 Å². The average Bonchev–Trinajstić information content (AvgIpc) is 3.09. The number of fused-ring (bicyclic) bond motifs is 1. The Kier molecular flexibility index (Phi) is 6.53. The zero-order valence-electron chi connectivity index (χ0n) is 17.6. The van der Waals surface area contributed by atoms with Gasteiger partial charge in [-0.15, -0.1) is 0 Å². The molecule has 0 fully saturated rings. The summed E-state index contributed by atoms with van der Waals surface area (Å²) in [6, 6.07) is 16.3. The van der Waals surface area contributed by atoms with Crippen LogP contribution in [0.1, 0.15) is 31.0 Å². The lowest BCUT2D eigenvalue weighted by Crippen LogP contribution is -2.39. The summed E-state index contributed by atoms with van der Waals surface area (Å²) in [7, 11) is 0. The minimum absolute atomic E-state index is 0.208. The number of benzene rings is 2. The van der Waals surface area contributed by atoms with E-state index in [2.05, 4.69) is 4.99 Å². The molecule has 1 aliphatic rings. The van der Waals surface area contributed by atoms with Crippen molar-refractivity contribution in [3.63, 3.8) is 0 Å². The van der Waals surface area contributed by atoms with Crippen LogP contribution in [0, 0.1) is 0 Å². The van der Waals surface area contributed by atoms with Crippen LogP contribution in [0.25, 0.3) is 12.2 Å². The van der Waals surface area contributed by atoms with Crippen molar-refractivity contribution in [3.05, 3.63) is 108 Å². The normalized spacial score (nSPS) is 16.2. The first-order chi connectivity index (χ1) is 15.5. The predicted octanol–water partition coefficient (Wildman–Crippen LogP) is 4.12. The van der Waals surface area contributed by atoms with Crippen LogP contribution in [-0.4, -0.2) is 17.1 Å². The number of carbonyl (C=O) groups excluding carboxylic acids is 1. The SMILES string of the molecule is CCOC(=O)C1=C(C)N=c2s/c(=C/C=C/c3ccccc3)c(=O)n2C1c1ccc(Cl)cc1. The maximum absolute atomic E-state index is 13.4. The molecule has 0 aliphatic carbocycles. The number of aromatic nitrogens is 1. The largest absolute Gasteiger partial charge is 0.463 e. The Bertz CT molecular complexity index is 1380. The van der Waals surface area contributed by atoms with Gasteiger partial charge in [-0.25, -0.2) is 9.79 Å². The first kappa shape index (κ1) is 22.0. The Labute approximate surface area is 194 Å². The lowest BCUT2D eigenvalue weighted by atomic mass is 9.96. The maximum Gasteiger partial charge on any atom is 0.338 e. The first-order valence-corrected chi connectivity index (χ1v) is 11.4. The molecule has 1 aromatic heterocycles. The maximum atomic E-state index is 13.4. The molecule has 0 radical (unpaired) electrons. The second kappa shape index (κ2) is 9.51. The summed E-state index contributed by atoms with van der Waals surface area (Å²) >= 11 is 7.36. The number of esters is 1. The molecule has 7 heteroatoms. The van der Waals surface area contributed by atoms with E-state index in [9.17, 15) is 9.59 Å². The van der Waals surface area contributed by atoms with Crippen LogP contribution in [-0.2, 0) is 9.53 Å². The molecule has 0 saturated heterocycles. The highest BCUT2D eigenvalue weighted by atomic mass is 35.5. The van der Waals surface area contributed by atoms with Gasteiger partial charge in [0.1, 0.15) is 0 Å². The van der Waals surface area contributed by atoms with Gasteiger partial charge >= 0.3 is 5.97 Å². The summed E-state index contributed by atoms with van der Waals surface area (Å²) in [5.41, 5.74) is 2.49. The first-order valence-electron chi connectivity index (χ1n) is 10.2. The van der Waals surface area contributed by atoms with Crippen LogP contribution < -0.4 is 14.9 Å². The molecule has 0 saturated carbocycles. The lowest BCUT2D eigenvalue weighted by Gasteiger charge is -2.24. The number of carbonyl (C=O) groups is 1. The minimum atomic E-state index is -0.636. The lowest BCUT2D eigenvalue weighted by molar-refractivity contribution is -0.139. The Balaban J connectivity index is 1.86. The van der Waals surface area contributed by atoms with Crippen LogP contribution in [0.3, 0.4) is 0 Å². The summed E-state index contributed by atoms with van der Waals surface area (Å²) in [6.07, 6.45) is 5.56. The molecule has 32 heavy (non-hydrogen) atoms. The van der Waals surface area contributed by atoms with Gasteiger partial charge in [0.05, 0.1) is 28.5 Å². The van der Waals surface area contributed by atoms with Crippen molar-refractivity contribution in [1.82, 2.24) is 4.57 Å². The molecule has 5 nitrogen and oxygen atoms in total. The van der Waals surface area contributed by atoms with Crippen LogP contribution in [0.5, 0.6) is 0 Å². The smallest absolute Gasteiger partial charge is 0.338 e. The monoisotopic (exact) mass is 464 g/mol. The molecule has 4 rings (SSSR count). The molecule has 162 valence electrons. The molecule has 3 aromatic rings. The average molecular weight is 465 g/mol. The van der Waals surface area contributed by atoms with Crippen LogP contribution >= 0.6 is 22.9 Å². The van der Waals surface area contributed by atoms with E-state index >= 15 is 0 Å². The number of hydrogen-bond donors (Lipinski definition) is 0. The minimum Gasteiger partial charge on any atom is -0.463 e. The second-order valence-electron chi connectivity index (χ2n) is 7.15. The number of halogens is 1. The van der Waals surface area contributed by atoms with E-state index in [4.69, 9.17) is 16.3 Å². The summed E-state index contributed by atoms with van der Waals surface area (Å²) in [6.45, 7) is 3.75. The summed E-state index contributed by atoms with van der Waals surface area (Å²) in [4.78, 5) is 31.3. The highest BCUT2D eigenvalue weighted by molar-refractivity contribution is 7.07. The predicted molar refractivity (Wildman–Crippen MR) is 128 cm³/mol. The molecule has 1 atom stereocenters. The third kappa shape index (κ3) is 4.38. The molecular formula is C25H21ClN2O3S. The van der Waals surface area contributed by atoms with E-state index in [0.717, 1.165) is 11.1 Å². The van der Waals surface area contributed by atoms with Gasteiger partial charge < -0.3 is 4.74 Å². The zero-order chi connectivity index (χ0) is 22.7. The number of rotatable bonds is 5. The fraction of sp³-hybridized carbons (Fsp3) is 0.160. The molecule has 2 heterocycles. The van der Waals surface area contributed by atoms with Gasteiger partial charge in [-0.1, -0.05) is 77.6 Å². The van der Waals surface area contributed by atoms with Gasteiger partial charge in [0.15, 0.2) is 4.80 Å². The van der Waals surface area contributed by atoms with E-state index in [1.54, 1.807) is 36.6 Å². The van der Waals surface area contributed by atoms with Crippen molar-refractivity contribution in [2.45, 2.75) is 19.9 Å². The second-order valence-corrected chi connectivity index (χ2v) is 8.59. The van der Waals surface area contributed by atoms with Crippen LogP contribution in [0.4, 0.5) is 0 Å². The standard InChI is InChI=1S/C25H21ClN2O3S/c1-3-31-24(30)21-16(2)27-25-28(22(21)18-12-14-19(26)15-13-18)23(29)20(32-25)11-7-10-17-8-5-4-6-9-17/h4-15,22H,3H2,1-2H3/b10-7+,20-11+. The van der Waals surface area contributed by atoms with Gasteiger partial charge in [-0.2, -0.15) is 0 Å². The number of allylic oxidation sites excluding steroid dienone is 2. The van der Waals surface area contributed by atoms with Crippen molar-refractivity contribution in [3.8, 4) is 0 Å². The van der Waals surface area contributed by atoms with Crippen molar-refractivity contribution in [2.24, 2.45) is 4.99 Å². The van der Waals surface area contributed by atoms with E-state index in [1.165, 1.54) is 11.3 Å². The molecule has 1 unspecified atom stereocenters. The Morgan fingerprint density at radius 1 is 1.19 bits per heavy atom. The third-order valence-corrected chi connectivity index (χ3v) is 6.29. The van der Waals surface area contributed by atoms with Gasteiger partial charge in [0, 0.05) is 5.02 Å². The van der Waals surface area contributed by atoms with Crippen molar-refractivity contribution in [2.75, 3.05) is 6.61 Å². The Morgan fingerprint density at radius 3 is 2.59 bits per heavy atom. The number of hydrogen-bond acceptors (Lipinski definition) is 5. The molecule has 1 aliphatic heterocycles. The molecule has 0 spiro atoms. The molecule has 2 aromatic carbocycles. The number of ether oxygens (including phenoxy) is 1.